The van der Waals surface area contributed by atoms with E-state index in [0.717, 1.165) is 11.8 Å². The molecule has 3 N–H and O–H groups in total. The minimum Gasteiger partial charge on any atom is -0.458 e. The lowest BCUT2D eigenvalue weighted by Crippen LogP contribution is -2.60. The first-order valence-electron chi connectivity index (χ1n) is 23.7. The SMILES string of the molecule is CC[C@H]1OC(=O)[C@H](C)C(=O)[C@H](C)[C@@H](O[C@@H]2O[C@H](C)C[C@H](N(C)CCC(=O)N[C@H](CF)Cc3ccc(S(C)(=O)=O)cc3)[C@H]2O)C(C)(OC)C[C@@H](C)C(=O)[C@H](CSCc2ccccc2)C2NC(=O)OC21C. The normalized spacial score (nSPS) is 33.1. The number of hydrogen-bond acceptors (Lipinski definition) is 15. The molecule has 3 aliphatic heterocycles. The number of thioether (sulfide) groups is 1. The highest BCUT2D eigenvalue weighted by molar-refractivity contribution is 7.98. The van der Waals surface area contributed by atoms with Gasteiger partial charge in [0.2, 0.25) is 5.91 Å². The van der Waals surface area contributed by atoms with E-state index in [1.165, 1.54) is 37.9 Å². The molecule has 0 saturated carbocycles. The molecular formula is C50H72FN3O13S2. The quantitative estimate of drug-likeness (QED) is 0.136. The first kappa shape index (κ1) is 55.9. The Morgan fingerprint density at radius 2 is 1.70 bits per heavy atom. The van der Waals surface area contributed by atoms with Gasteiger partial charge in [-0.15, -0.1) is 0 Å². The van der Waals surface area contributed by atoms with Crippen LogP contribution in [0.15, 0.2) is 59.5 Å². The predicted molar refractivity (Wildman–Crippen MR) is 258 cm³/mol. The Morgan fingerprint density at radius 3 is 2.30 bits per heavy atom. The molecule has 14 atom stereocenters. The van der Waals surface area contributed by atoms with E-state index in [2.05, 4.69) is 10.6 Å². The van der Waals surface area contributed by atoms with Crippen LogP contribution in [0.2, 0.25) is 0 Å². The van der Waals surface area contributed by atoms with E-state index in [4.69, 9.17) is 23.7 Å². The summed E-state index contributed by atoms with van der Waals surface area (Å²) in [4.78, 5) is 71.7. The van der Waals surface area contributed by atoms with Crippen LogP contribution in [0.1, 0.15) is 85.3 Å². The Hall–Kier alpha value is -3.98. The molecule has 0 aliphatic carbocycles. The van der Waals surface area contributed by atoms with Gasteiger partial charge in [-0.3, -0.25) is 19.2 Å². The van der Waals surface area contributed by atoms with Crippen molar-refractivity contribution >= 4 is 51.1 Å². The number of sulfone groups is 1. The number of halogens is 1. The van der Waals surface area contributed by atoms with Crippen LogP contribution in [-0.2, 0) is 64.9 Å². The number of fused-ring (bicyclic) bond motifs is 1. The number of alkyl halides is 1. The van der Waals surface area contributed by atoms with Crippen LogP contribution in [0.25, 0.3) is 0 Å². The van der Waals surface area contributed by atoms with E-state index in [-0.39, 0.29) is 48.7 Å². The number of carbonyl (C=O) groups excluding carboxylic acids is 5. The Balaban J connectivity index is 1.37. The van der Waals surface area contributed by atoms with Gasteiger partial charge in [-0.2, -0.15) is 11.8 Å². The third-order valence-electron chi connectivity index (χ3n) is 14.1. The first-order chi connectivity index (χ1) is 32.5. The second-order valence-corrected chi connectivity index (χ2v) is 22.6. The van der Waals surface area contributed by atoms with Crippen molar-refractivity contribution in [2.75, 3.05) is 39.4 Å². The molecule has 3 heterocycles. The first-order valence-corrected chi connectivity index (χ1v) is 26.8. The van der Waals surface area contributed by atoms with Gasteiger partial charge in [0.15, 0.2) is 27.5 Å². The predicted octanol–water partition coefficient (Wildman–Crippen LogP) is 5.25. The van der Waals surface area contributed by atoms with Crippen molar-refractivity contribution in [2.24, 2.45) is 23.7 Å². The number of methoxy groups -OCH3 is 1. The zero-order valence-corrected chi connectivity index (χ0v) is 43.1. The molecule has 5 rings (SSSR count). The Labute approximate surface area is 410 Å². The summed E-state index contributed by atoms with van der Waals surface area (Å²) in [6.07, 6.45) is -4.31. The van der Waals surface area contributed by atoms with Crippen molar-refractivity contribution < 1.29 is 65.6 Å². The average Bonchev–Trinajstić information content (AvgIpc) is 3.63. The van der Waals surface area contributed by atoms with Crippen LogP contribution < -0.4 is 10.6 Å². The van der Waals surface area contributed by atoms with Gasteiger partial charge < -0.3 is 44.3 Å². The van der Waals surface area contributed by atoms with Crippen molar-refractivity contribution in [2.45, 2.75) is 151 Å². The molecule has 0 spiro atoms. The van der Waals surface area contributed by atoms with Gasteiger partial charge in [0.25, 0.3) is 0 Å². The van der Waals surface area contributed by atoms with Crippen molar-refractivity contribution in [1.29, 1.82) is 0 Å². The highest BCUT2D eigenvalue weighted by Gasteiger charge is 2.58. The topological polar surface area (TPSA) is 213 Å². The van der Waals surface area contributed by atoms with Crippen molar-refractivity contribution in [3.63, 3.8) is 0 Å². The van der Waals surface area contributed by atoms with Crippen molar-refractivity contribution in [3.8, 4) is 0 Å². The van der Waals surface area contributed by atoms with Gasteiger partial charge in [-0.1, -0.05) is 63.2 Å². The van der Waals surface area contributed by atoms with Gasteiger partial charge in [-0.05, 0) is 83.7 Å². The maximum absolute atomic E-state index is 15.0. The molecule has 384 valence electrons. The monoisotopic (exact) mass is 1010 g/mol. The largest absolute Gasteiger partial charge is 0.458 e. The molecule has 3 fully saturated rings. The van der Waals surface area contributed by atoms with E-state index in [9.17, 15) is 37.1 Å². The molecule has 3 saturated heterocycles. The van der Waals surface area contributed by atoms with Crippen molar-refractivity contribution in [3.05, 3.63) is 65.7 Å². The summed E-state index contributed by atoms with van der Waals surface area (Å²) in [7, 11) is -0.226. The number of ketones is 2. The fourth-order valence-electron chi connectivity index (χ4n) is 10.0. The summed E-state index contributed by atoms with van der Waals surface area (Å²) in [5.41, 5.74) is -1.16. The molecule has 0 aromatic heterocycles. The summed E-state index contributed by atoms with van der Waals surface area (Å²) in [6, 6.07) is 13.5. The Morgan fingerprint density at radius 1 is 1.03 bits per heavy atom. The molecule has 3 unspecified atom stereocenters. The third-order valence-corrected chi connectivity index (χ3v) is 16.4. The Bertz CT molecular complexity index is 2210. The van der Waals surface area contributed by atoms with Gasteiger partial charge in [0.05, 0.1) is 40.7 Å². The second kappa shape index (κ2) is 24.0. The Kier molecular flexibility index (Phi) is 19.4. The van der Waals surface area contributed by atoms with Crippen LogP contribution in [-0.4, -0.2) is 147 Å². The number of nitrogens with zero attached hydrogens (tertiary/aromatic N) is 1. The van der Waals surface area contributed by atoms with Crippen LogP contribution in [0.3, 0.4) is 0 Å². The molecule has 0 radical (unpaired) electrons. The van der Waals surface area contributed by atoms with Gasteiger partial charge in [0, 0.05) is 55.7 Å². The molecule has 0 bridgehead atoms. The maximum atomic E-state index is 15.0. The minimum atomic E-state index is -3.40. The lowest BCUT2D eigenvalue weighted by atomic mass is 9.73. The number of amides is 2. The number of ether oxygens (including phenoxy) is 5. The van der Waals surface area contributed by atoms with Crippen LogP contribution in [0.4, 0.5) is 9.18 Å². The fourth-order valence-corrected chi connectivity index (χ4v) is 11.8. The van der Waals surface area contributed by atoms with Gasteiger partial charge >= 0.3 is 12.1 Å². The van der Waals surface area contributed by atoms with E-state index >= 15 is 4.79 Å². The van der Waals surface area contributed by atoms with Crippen LogP contribution in [0.5, 0.6) is 0 Å². The fraction of sp³-hybridized carbons (Fsp3) is 0.660. The molecule has 19 heteroatoms. The molecule has 2 amide bonds. The number of nitrogens with one attached hydrogen (secondary N) is 2. The summed E-state index contributed by atoms with van der Waals surface area (Å²) in [5.74, 6) is -5.10. The molecule has 16 nitrogen and oxygen atoms in total. The number of hydrogen-bond donors (Lipinski definition) is 3. The third kappa shape index (κ3) is 13.7. The molecular weight excluding hydrogens is 934 g/mol. The highest BCUT2D eigenvalue weighted by Crippen LogP contribution is 2.41. The summed E-state index contributed by atoms with van der Waals surface area (Å²) >= 11 is 1.53. The van der Waals surface area contributed by atoms with Gasteiger partial charge in [0.1, 0.15) is 30.6 Å². The summed E-state index contributed by atoms with van der Waals surface area (Å²) in [6.45, 7) is 11.1. The zero-order valence-electron chi connectivity index (χ0n) is 41.5. The van der Waals surface area contributed by atoms with E-state index in [1.54, 1.807) is 65.6 Å². The number of Topliss-reactive ketones (excluding diaryl/α,β-unsaturated/α-hetero) is 2. The molecule has 2 aromatic carbocycles. The number of aliphatic hydroxyl groups is 1. The summed E-state index contributed by atoms with van der Waals surface area (Å²) in [5, 5.41) is 17.6. The number of esters is 1. The van der Waals surface area contributed by atoms with Gasteiger partial charge in [-0.25, -0.2) is 17.6 Å². The van der Waals surface area contributed by atoms with E-state index in [0.29, 0.717) is 17.7 Å². The number of aliphatic hydroxyl groups excluding tert-OH is 1. The van der Waals surface area contributed by atoms with Crippen LogP contribution >= 0.6 is 11.8 Å². The molecule has 2 aromatic rings. The number of alkyl carbamates (subject to hydrolysis) is 1. The van der Waals surface area contributed by atoms with E-state index < -0.39 is 124 Å². The number of carbonyl (C=O) groups is 5. The van der Waals surface area contributed by atoms with Crippen molar-refractivity contribution in [1.82, 2.24) is 15.5 Å². The van der Waals surface area contributed by atoms with E-state index in [1.807, 2.05) is 30.3 Å². The highest BCUT2D eigenvalue weighted by atomic mass is 32.2. The summed E-state index contributed by atoms with van der Waals surface area (Å²) < 4.78 is 69.0. The molecule has 69 heavy (non-hydrogen) atoms. The number of benzene rings is 2. The smallest absolute Gasteiger partial charge is 0.408 e. The minimum absolute atomic E-state index is 0.0292. The lowest BCUT2D eigenvalue weighted by Gasteiger charge is -2.47. The number of rotatable bonds is 17. The lowest BCUT2D eigenvalue weighted by molar-refractivity contribution is -0.296. The number of cyclic esters (lactones) is 1. The van der Waals surface area contributed by atoms with Crippen LogP contribution in [0, 0.1) is 23.7 Å². The maximum Gasteiger partial charge on any atom is 0.408 e. The zero-order chi connectivity index (χ0) is 51.0. The average molecular weight is 1010 g/mol. The number of likely N-dealkylation sites (N-methyl/N-ethyl adjacent to an activating group) is 1. The molecule has 3 aliphatic rings. The standard InChI is InChI=1S/C50H72FN3O13S2/c1-11-39-50(7)44(53-48(60)67-50)37(28-68-27-34-15-13-12-14-16-34)41(56)29(2)25-49(6,63-9)45(31(4)42(57)32(5)46(59)65-39)66-47-43(58)38(23-30(3)64-47)54(8)22-21-40(55)52-35(26-51)24-33-17-19-36(20-18-33)69(10,61)62/h12-20,29-32,35,37-39,43-45,47,58H,11,21-28H2,1-10H3,(H,52,55)(H,53,60)/t29-,30-,31+,32-,35+,37+,38+,39-,43-,44?,45-,47+,49?,50?/m1/s1. The second-order valence-electron chi connectivity index (χ2n) is 19.5.